The van der Waals surface area contributed by atoms with E-state index in [1.807, 2.05) is 0 Å². The van der Waals surface area contributed by atoms with Crippen molar-refractivity contribution in [2.45, 2.75) is 472 Å². The number of carbonyl (C=O) groups excluding carboxylic acids is 1. The minimum Gasteiger partial charge on any atom is -0.413 e. The average Bonchev–Trinajstić information content (AvgIpc) is 1.55. The molecule has 20 saturated heterocycles. The summed E-state index contributed by atoms with van der Waals surface area (Å²) in [6.07, 6.45) is 12.8. The van der Waals surface area contributed by atoms with E-state index in [0.717, 1.165) is 119 Å². The van der Waals surface area contributed by atoms with Crippen LogP contribution in [0, 0.1) is 23.7 Å². The Morgan fingerprint density at radius 1 is 0.424 bits per heavy atom. The molecule has 666 valence electrons. The van der Waals surface area contributed by atoms with Crippen LogP contribution < -0.4 is 11.5 Å². The molecule has 20 rings (SSSR count). The van der Waals surface area contributed by atoms with Crippen molar-refractivity contribution in [3.05, 3.63) is 48.6 Å². The van der Waals surface area contributed by atoms with Crippen molar-refractivity contribution in [3.63, 3.8) is 0 Å². The van der Waals surface area contributed by atoms with Crippen LogP contribution in [0.15, 0.2) is 48.6 Å². The summed E-state index contributed by atoms with van der Waals surface area (Å²) in [7, 11) is -0.711. The van der Waals surface area contributed by atoms with Gasteiger partial charge in [-0.1, -0.05) is 81.7 Å². The van der Waals surface area contributed by atoms with E-state index in [1.54, 1.807) is 14.2 Å². The number of Topliss-reactive ketones (excluding diaryl/α,β-unsaturated/α-hetero) is 1. The Bertz CT molecular complexity index is 3580. The van der Waals surface area contributed by atoms with E-state index >= 15 is 0 Å². The fourth-order valence-electron chi connectivity index (χ4n) is 24.1. The Morgan fingerprint density at radius 3 is 1.27 bits per heavy atom. The highest BCUT2D eigenvalue weighted by Crippen LogP contribution is 2.58. The largest absolute Gasteiger partial charge is 0.413 e. The number of ketones is 1. The van der Waals surface area contributed by atoms with E-state index in [9.17, 15) is 9.90 Å². The highest BCUT2D eigenvalue weighted by molar-refractivity contribution is 6.74. The van der Waals surface area contributed by atoms with Gasteiger partial charge in [-0.15, -0.1) is 0 Å². The second-order valence-electron chi connectivity index (χ2n) is 42.7. The number of nitrogens with two attached hydrogens (primary N) is 2. The molecule has 20 fully saturated rings. The number of hydrogen-bond donors (Lipinski definition) is 3. The molecule has 0 aromatic heterocycles. The minimum atomic E-state index is -2.12. The molecular formula is C92H148N2O22Si2. The van der Waals surface area contributed by atoms with Crippen LogP contribution in [0.1, 0.15) is 222 Å². The zero-order chi connectivity index (χ0) is 83.2. The highest BCUT2D eigenvalue weighted by Gasteiger charge is 2.71. The fourth-order valence-corrected chi connectivity index (χ4v) is 26.9. The van der Waals surface area contributed by atoms with Crippen molar-refractivity contribution in [2.75, 3.05) is 27.3 Å². The lowest BCUT2D eigenvalue weighted by molar-refractivity contribution is -0.294. The molecular weight excluding hydrogens is 1540 g/mol. The van der Waals surface area contributed by atoms with Crippen molar-refractivity contribution in [3.8, 4) is 0 Å². The van der Waals surface area contributed by atoms with E-state index in [-0.39, 0.29) is 223 Å². The Morgan fingerprint density at radius 2 is 0.814 bits per heavy atom. The van der Waals surface area contributed by atoms with E-state index in [2.05, 4.69) is 108 Å². The molecule has 0 saturated carbocycles. The van der Waals surface area contributed by atoms with Gasteiger partial charge in [-0.3, -0.25) is 4.79 Å². The van der Waals surface area contributed by atoms with Crippen LogP contribution in [0.4, 0.5) is 0 Å². The molecule has 24 bridgehead atoms. The van der Waals surface area contributed by atoms with Crippen LogP contribution in [0.25, 0.3) is 0 Å². The van der Waals surface area contributed by atoms with Crippen LogP contribution >= 0.6 is 0 Å². The van der Waals surface area contributed by atoms with Gasteiger partial charge in [0, 0.05) is 103 Å². The molecule has 118 heavy (non-hydrogen) atoms. The number of fused-ring (bicyclic) bond motifs is 12. The minimum absolute atomic E-state index is 0.00138. The molecule has 0 amide bonds. The normalized spacial score (nSPS) is 48.8. The molecule has 20 heterocycles. The lowest BCUT2D eigenvalue weighted by atomic mass is 9.81. The van der Waals surface area contributed by atoms with Crippen molar-refractivity contribution < 1.29 is 104 Å². The highest BCUT2D eigenvalue weighted by atomic mass is 28.4. The molecule has 11 unspecified atom stereocenters. The zero-order valence-corrected chi connectivity index (χ0v) is 75.7. The number of aliphatic hydroxyl groups excluding tert-OH is 1. The van der Waals surface area contributed by atoms with Gasteiger partial charge >= 0.3 is 0 Å². The summed E-state index contributed by atoms with van der Waals surface area (Å²) in [6.45, 7) is 45.9. The van der Waals surface area contributed by atoms with Crippen LogP contribution in [0.5, 0.6) is 0 Å². The summed E-state index contributed by atoms with van der Waals surface area (Å²) in [5, 5.41) is 12.1. The van der Waals surface area contributed by atoms with Gasteiger partial charge < -0.3 is 111 Å². The van der Waals surface area contributed by atoms with E-state index in [1.165, 1.54) is 0 Å². The van der Waals surface area contributed by atoms with Crippen LogP contribution in [-0.4, -0.2) is 268 Å². The number of ether oxygens (including phenoxy) is 18. The summed E-state index contributed by atoms with van der Waals surface area (Å²) in [4.78, 5) is 14.4. The molecule has 0 aromatic carbocycles. The number of rotatable bonds is 12. The summed E-state index contributed by atoms with van der Waals surface area (Å²) in [5.41, 5.74) is 17.4. The molecule has 26 heteroatoms. The van der Waals surface area contributed by atoms with Gasteiger partial charge in [0.25, 0.3) is 0 Å². The molecule has 2 spiro atoms. The summed E-state index contributed by atoms with van der Waals surface area (Å²) >= 11 is 0. The average molecular weight is 1690 g/mol. The maximum absolute atomic E-state index is 14.4. The summed E-state index contributed by atoms with van der Waals surface area (Å²) in [5.74, 6) is -1.07. The zero-order valence-electron chi connectivity index (χ0n) is 73.7. The number of methoxy groups -OCH3 is 2. The molecule has 20 aliphatic heterocycles. The first-order valence-electron chi connectivity index (χ1n) is 46.4. The Kier molecular flexibility index (Phi) is 25.9. The predicted octanol–water partition coefficient (Wildman–Crippen LogP) is 12.7. The molecule has 0 aliphatic carbocycles. The third kappa shape index (κ3) is 17.6. The third-order valence-electron chi connectivity index (χ3n) is 32.6. The lowest BCUT2D eigenvalue weighted by Gasteiger charge is -2.47. The standard InChI is InChI=1S/C46H75NO11Si.C46H73NO11Si/c2*1-24-16-28-10-12-33-25(2)17-30(50-33)14-15-46-22-38-41(56-46)42-43(55-38)44(57-46)40-34(54-42)13-11-29(52-40)18-27(48)19-32-36(21-35(51-28)26(24)3)53-37(39(32)49-7)20-31(23-47)58-59(8,9)45(4,5)6/h24,27-44,48H,2-3,10-23,47H2,1,4-9H3;24,28-44H,2-3,10-23,47H2,1,4-9H3/t24-,27?,28+,29?,30+,31+,32+,33?,34+,35?,36+,37?,38+,39-,40+,41?,42+,43-,44+,46+;24-,28+,29?,30+,31+,32+,33?,34+,35?,36+,37?,38+,39-,40+,41?,42+,43-,44+,46+/m11/s1. The maximum Gasteiger partial charge on any atom is 0.192 e. The molecule has 39 atom stereocenters. The third-order valence-corrected chi connectivity index (χ3v) is 41.7. The van der Waals surface area contributed by atoms with Gasteiger partial charge in [0.1, 0.15) is 66.8 Å². The van der Waals surface area contributed by atoms with Crippen LogP contribution in [0.3, 0.4) is 0 Å². The first-order chi connectivity index (χ1) is 56.1. The first kappa shape index (κ1) is 88.2. The first-order valence-corrected chi connectivity index (χ1v) is 52.2. The maximum atomic E-state index is 14.4. The van der Waals surface area contributed by atoms with Gasteiger partial charge in [-0.25, -0.2) is 0 Å². The van der Waals surface area contributed by atoms with E-state index in [0.29, 0.717) is 95.6 Å². The Hall–Kier alpha value is -1.86. The molecule has 0 radical (unpaired) electrons. The monoisotopic (exact) mass is 1690 g/mol. The molecule has 24 nitrogen and oxygen atoms in total. The SMILES string of the molecule is C=C1C[C@@H]2CC[C@@]34C[C@@H]5O[C@H]6[C@@H](O3)[C@H]3OC(CC[C@@H]3O[C@H]6C5O4)CC(=O)C[C@H]3[C@H](CC4O[C@@H](CCC1O2)C[C@@H](C)C4=C)OC(C[C@@H](CN)O[Si](C)(C)C(C)(C)C)[C@@H]3OC.C=C1C[C@@H]2CC[C@@]34C[C@@H]5O[C@H]6[C@@H](O3)[C@H]3OC(CC[C@@H]3O[C@H]6C5O4)CC(O)C[C@H]3[C@H](CC4O[C@@H](CCC1O2)C[C@@H](C)C4=C)OC(C[C@@H](CN)O[Si](C)(C)C(C)(C)C)[C@@H]3OC. The second-order valence-corrected chi connectivity index (χ2v) is 52.2. The lowest BCUT2D eigenvalue weighted by Crippen LogP contribution is -2.61. The topological polar surface area (TPSA) is 274 Å². The van der Waals surface area contributed by atoms with Gasteiger partial charge in [0.15, 0.2) is 28.2 Å². The van der Waals surface area contributed by atoms with Crippen molar-refractivity contribution >= 4 is 22.4 Å². The number of hydrogen-bond acceptors (Lipinski definition) is 24. The van der Waals surface area contributed by atoms with Crippen molar-refractivity contribution in [2.24, 2.45) is 35.1 Å². The second kappa shape index (κ2) is 34.6. The molecule has 20 aliphatic rings. The van der Waals surface area contributed by atoms with E-state index < -0.39 is 34.3 Å². The molecule has 5 N–H and O–H groups in total. The number of aliphatic hydroxyl groups is 1. The van der Waals surface area contributed by atoms with Gasteiger partial charge in [-0.2, -0.15) is 0 Å². The van der Waals surface area contributed by atoms with Crippen molar-refractivity contribution in [1.82, 2.24) is 0 Å². The van der Waals surface area contributed by atoms with Crippen molar-refractivity contribution in [1.29, 1.82) is 0 Å². The predicted molar refractivity (Wildman–Crippen MR) is 446 cm³/mol. The Balaban J connectivity index is 0.000000169. The number of carbonyl (C=O) groups is 1. The quantitative estimate of drug-likeness (QED) is 0.121. The summed E-state index contributed by atoms with van der Waals surface area (Å²) < 4.78 is 136. The smallest absolute Gasteiger partial charge is 0.192 e. The molecule has 0 aromatic rings. The van der Waals surface area contributed by atoms with E-state index in [4.69, 9.17) is 106 Å². The Labute approximate surface area is 705 Å². The van der Waals surface area contributed by atoms with Gasteiger partial charge in [-0.05, 0) is 173 Å². The van der Waals surface area contributed by atoms with Crippen LogP contribution in [0.2, 0.25) is 36.3 Å². The van der Waals surface area contributed by atoms with Gasteiger partial charge in [0.05, 0.1) is 140 Å². The van der Waals surface area contributed by atoms with Gasteiger partial charge in [0.2, 0.25) is 0 Å². The summed E-state index contributed by atoms with van der Waals surface area (Å²) in [6, 6.07) is 0. The van der Waals surface area contributed by atoms with Crippen LogP contribution in [-0.2, 0) is 98.9 Å². The fraction of sp³-hybridized carbons (Fsp3) is 0.902.